The van der Waals surface area contributed by atoms with E-state index in [1.807, 2.05) is 30.3 Å². The normalized spacial score (nSPS) is 17.1. The number of hydrogen-bond acceptors (Lipinski definition) is 6. The number of carbonyl (C=O) groups is 3. The van der Waals surface area contributed by atoms with Gasteiger partial charge in [0.15, 0.2) is 11.5 Å². The van der Waals surface area contributed by atoms with Gasteiger partial charge in [0.05, 0.1) is 18.9 Å². The number of halogens is 1. The van der Waals surface area contributed by atoms with Crippen molar-refractivity contribution < 1.29 is 28.2 Å². The number of nitrogens with one attached hydrogen (secondary N) is 2. The number of benzene rings is 3. The second-order valence-electron chi connectivity index (χ2n) is 7.78. The molecule has 0 unspecified atom stereocenters. The number of ether oxygens (including phenoxy) is 2. The fourth-order valence-electron chi connectivity index (χ4n) is 3.80. The summed E-state index contributed by atoms with van der Waals surface area (Å²) in [5.74, 6) is -2.96. The molecule has 3 aromatic rings. The highest BCUT2D eigenvalue weighted by atomic mass is 19.1. The molecule has 2 N–H and O–H groups in total. The maximum absolute atomic E-state index is 13.4. The second-order valence-corrected chi connectivity index (χ2v) is 7.78. The third-order valence-corrected chi connectivity index (χ3v) is 5.53. The molecule has 2 atom stereocenters. The van der Waals surface area contributed by atoms with Crippen molar-refractivity contribution in [3.63, 3.8) is 0 Å². The van der Waals surface area contributed by atoms with Gasteiger partial charge in [-0.2, -0.15) is 5.10 Å². The molecule has 0 bridgehead atoms. The summed E-state index contributed by atoms with van der Waals surface area (Å²) in [5.41, 5.74) is 3.92. The molecule has 1 aliphatic rings. The lowest BCUT2D eigenvalue weighted by atomic mass is 9.88. The van der Waals surface area contributed by atoms with E-state index < -0.39 is 23.6 Å². The van der Waals surface area contributed by atoms with Crippen molar-refractivity contribution in [2.24, 2.45) is 11.0 Å². The van der Waals surface area contributed by atoms with E-state index in [9.17, 15) is 18.8 Å². The molecular weight excluding hydrogens is 453 g/mol. The first-order valence-electron chi connectivity index (χ1n) is 10.8. The Bertz CT molecular complexity index is 1280. The molecule has 1 saturated heterocycles. The Kier molecular flexibility index (Phi) is 7.15. The van der Waals surface area contributed by atoms with E-state index in [-0.39, 0.29) is 28.9 Å². The summed E-state index contributed by atoms with van der Waals surface area (Å²) in [6, 6.07) is 19.1. The highest BCUT2D eigenvalue weighted by Gasteiger charge is 2.40. The van der Waals surface area contributed by atoms with Gasteiger partial charge < -0.3 is 14.8 Å². The summed E-state index contributed by atoms with van der Waals surface area (Å²) in [6.07, 6.45) is 1.38. The molecule has 2 amide bonds. The van der Waals surface area contributed by atoms with Gasteiger partial charge in [0.1, 0.15) is 11.7 Å². The number of hydrazone groups is 1. The molecule has 0 radical (unpaired) electrons. The quantitative estimate of drug-likeness (QED) is 0.180. The molecule has 4 rings (SSSR count). The number of carbonyl (C=O) groups excluding carboxylic acids is 3. The van der Waals surface area contributed by atoms with Gasteiger partial charge in [-0.3, -0.25) is 9.59 Å². The van der Waals surface area contributed by atoms with E-state index in [0.717, 1.165) is 11.6 Å². The van der Waals surface area contributed by atoms with E-state index in [1.54, 1.807) is 12.1 Å². The lowest BCUT2D eigenvalue weighted by Gasteiger charge is -2.15. The fourth-order valence-corrected chi connectivity index (χ4v) is 3.80. The summed E-state index contributed by atoms with van der Waals surface area (Å²) < 4.78 is 24.0. The first-order chi connectivity index (χ1) is 17.0. The molecule has 1 heterocycles. The van der Waals surface area contributed by atoms with Crippen molar-refractivity contribution in [1.29, 1.82) is 0 Å². The highest BCUT2D eigenvalue weighted by Crippen LogP contribution is 2.30. The zero-order valence-corrected chi connectivity index (χ0v) is 18.7. The van der Waals surface area contributed by atoms with Crippen LogP contribution in [0.2, 0.25) is 0 Å². The van der Waals surface area contributed by atoms with Crippen LogP contribution in [0.1, 0.15) is 27.4 Å². The van der Waals surface area contributed by atoms with Crippen molar-refractivity contribution in [3.05, 3.63) is 95.3 Å². The lowest BCUT2D eigenvalue weighted by molar-refractivity contribution is -0.133. The monoisotopic (exact) mass is 475 g/mol. The standard InChI is InChI=1S/C26H22FN3O5/c1-34-22-12-16(10-11-21(22)35-26(33)18-8-5-9-19(27)13-18)14-29-30-25(32)23-20(15-28-24(23)31)17-6-3-2-4-7-17/h2-14,20,23H,15H2,1H3,(H,28,31)(H,30,32)/t20-,23+/m1/s1. The van der Waals surface area contributed by atoms with Gasteiger partial charge in [0, 0.05) is 12.5 Å². The predicted molar refractivity (Wildman–Crippen MR) is 126 cm³/mol. The van der Waals surface area contributed by atoms with Crippen molar-refractivity contribution in [2.45, 2.75) is 5.92 Å². The van der Waals surface area contributed by atoms with Crippen molar-refractivity contribution >= 4 is 24.0 Å². The summed E-state index contributed by atoms with van der Waals surface area (Å²) in [6.45, 7) is 0.373. The summed E-state index contributed by atoms with van der Waals surface area (Å²) in [5, 5.41) is 6.69. The number of nitrogens with zero attached hydrogens (tertiary/aromatic N) is 1. The van der Waals surface area contributed by atoms with Gasteiger partial charge in [0.2, 0.25) is 5.91 Å². The molecular formula is C26H22FN3O5. The van der Waals surface area contributed by atoms with Crippen LogP contribution < -0.4 is 20.2 Å². The van der Waals surface area contributed by atoms with Crippen LogP contribution in [0.5, 0.6) is 11.5 Å². The molecule has 9 heteroatoms. The number of esters is 1. The summed E-state index contributed by atoms with van der Waals surface area (Å²) in [4.78, 5) is 37.2. The number of rotatable bonds is 7. The average molecular weight is 475 g/mol. The van der Waals surface area contributed by atoms with Crippen molar-refractivity contribution in [2.75, 3.05) is 13.7 Å². The predicted octanol–water partition coefficient (Wildman–Crippen LogP) is 3.03. The largest absolute Gasteiger partial charge is 0.493 e. The number of hydrogen-bond donors (Lipinski definition) is 2. The Hall–Kier alpha value is -4.53. The van der Waals surface area contributed by atoms with Crippen LogP contribution in [-0.4, -0.2) is 37.7 Å². The van der Waals surface area contributed by atoms with Crippen LogP contribution in [0.25, 0.3) is 0 Å². The van der Waals surface area contributed by atoms with E-state index in [4.69, 9.17) is 9.47 Å². The molecule has 8 nitrogen and oxygen atoms in total. The Labute approximate surface area is 200 Å². The third-order valence-electron chi connectivity index (χ3n) is 5.53. The number of amides is 2. The van der Waals surface area contributed by atoms with Crippen molar-refractivity contribution in [1.82, 2.24) is 10.7 Å². The SMILES string of the molecule is COc1cc(C=NNC(=O)[C@@H]2C(=O)NC[C@@H]2c2ccccc2)ccc1OC(=O)c1cccc(F)c1. The average Bonchev–Trinajstić information content (AvgIpc) is 3.26. The van der Waals surface area contributed by atoms with E-state index in [1.165, 1.54) is 37.6 Å². The first kappa shape index (κ1) is 23.6. The third kappa shape index (κ3) is 5.52. The molecule has 0 saturated carbocycles. The highest BCUT2D eigenvalue weighted by molar-refractivity contribution is 6.03. The van der Waals surface area contributed by atoms with Crippen LogP contribution in [0.3, 0.4) is 0 Å². The maximum atomic E-state index is 13.4. The van der Waals surface area contributed by atoms with Crippen LogP contribution >= 0.6 is 0 Å². The topological polar surface area (TPSA) is 106 Å². The molecule has 178 valence electrons. The molecule has 1 fully saturated rings. The van der Waals surface area contributed by atoms with Gasteiger partial charge in [-0.05, 0) is 47.5 Å². The fraction of sp³-hybridized carbons (Fsp3) is 0.154. The zero-order valence-electron chi connectivity index (χ0n) is 18.7. The molecule has 0 aliphatic carbocycles. The van der Waals surface area contributed by atoms with Gasteiger partial charge in [-0.1, -0.05) is 36.4 Å². The Morgan fingerprint density at radius 1 is 1.06 bits per heavy atom. The van der Waals surface area contributed by atoms with Crippen LogP contribution in [-0.2, 0) is 9.59 Å². The molecule has 3 aromatic carbocycles. The molecule has 35 heavy (non-hydrogen) atoms. The Balaban J connectivity index is 1.42. The minimum Gasteiger partial charge on any atom is -0.493 e. The first-order valence-corrected chi connectivity index (χ1v) is 10.8. The minimum absolute atomic E-state index is 0.0603. The molecule has 1 aliphatic heterocycles. The van der Waals surface area contributed by atoms with Crippen molar-refractivity contribution in [3.8, 4) is 11.5 Å². The summed E-state index contributed by atoms with van der Waals surface area (Å²) in [7, 11) is 1.40. The van der Waals surface area contributed by atoms with E-state index in [2.05, 4.69) is 15.8 Å². The second kappa shape index (κ2) is 10.6. The van der Waals surface area contributed by atoms with Gasteiger partial charge in [0.25, 0.3) is 5.91 Å². The smallest absolute Gasteiger partial charge is 0.343 e. The van der Waals surface area contributed by atoms with Crippen LogP contribution in [0.15, 0.2) is 77.9 Å². The van der Waals surface area contributed by atoms with Gasteiger partial charge in [-0.15, -0.1) is 0 Å². The number of methoxy groups -OCH3 is 1. The van der Waals surface area contributed by atoms with Gasteiger partial charge >= 0.3 is 5.97 Å². The molecule has 0 aromatic heterocycles. The van der Waals surface area contributed by atoms with E-state index >= 15 is 0 Å². The van der Waals surface area contributed by atoms with Crippen LogP contribution in [0.4, 0.5) is 4.39 Å². The van der Waals surface area contributed by atoms with E-state index in [0.29, 0.717) is 12.1 Å². The maximum Gasteiger partial charge on any atom is 0.343 e. The summed E-state index contributed by atoms with van der Waals surface area (Å²) >= 11 is 0. The zero-order chi connectivity index (χ0) is 24.8. The molecule has 0 spiro atoms. The minimum atomic E-state index is -0.895. The Morgan fingerprint density at radius 3 is 2.60 bits per heavy atom. The lowest BCUT2D eigenvalue weighted by Crippen LogP contribution is -2.34. The Morgan fingerprint density at radius 2 is 1.86 bits per heavy atom. The van der Waals surface area contributed by atoms with Gasteiger partial charge in [-0.25, -0.2) is 14.6 Å². The van der Waals surface area contributed by atoms with Crippen LogP contribution in [0, 0.1) is 11.7 Å².